The van der Waals surface area contributed by atoms with E-state index in [4.69, 9.17) is 139 Å². The number of ether oxygens (including phenoxy) is 25. The molecule has 2 aromatic carbocycles. The molecule has 0 saturated heterocycles. The van der Waals surface area contributed by atoms with Crippen molar-refractivity contribution in [2.45, 2.75) is 6.42 Å². The highest BCUT2D eigenvalue weighted by Crippen LogP contribution is 2.31. The number of benzene rings is 2. The number of hydrogen-bond donors (Lipinski definition) is 4. The lowest BCUT2D eigenvalue weighted by Gasteiger charge is -2.16. The fraction of sp³-hybridized carbons (Fsp3) is 0.747. The van der Waals surface area contributed by atoms with Gasteiger partial charge in [-0.15, -0.1) is 0 Å². The molecule has 0 bridgehead atoms. The van der Waals surface area contributed by atoms with Crippen LogP contribution in [0.15, 0.2) is 83.4 Å². The molecule has 0 atom stereocenters. The zero-order chi connectivity index (χ0) is 74.2. The number of hydrogen-bond acceptors (Lipinski definition) is 30. The van der Waals surface area contributed by atoms with Gasteiger partial charge in [0.25, 0.3) is 0 Å². The molecule has 0 spiro atoms. The van der Waals surface area contributed by atoms with Crippen LogP contribution in [0.1, 0.15) is 16.7 Å². The lowest BCUT2D eigenvalue weighted by Crippen LogP contribution is -2.15. The fourth-order valence-corrected chi connectivity index (χ4v) is 8.86. The van der Waals surface area contributed by atoms with Gasteiger partial charge < -0.3 is 139 Å². The topological polar surface area (TPSA) is 316 Å². The van der Waals surface area contributed by atoms with Crippen molar-refractivity contribution >= 4 is 17.0 Å². The minimum atomic E-state index is 0.00557. The van der Waals surface area contributed by atoms with Crippen molar-refractivity contribution in [3.63, 3.8) is 0 Å². The normalized spacial score (nSPS) is 12.3. The molecule has 0 unspecified atom stereocenters. The van der Waals surface area contributed by atoms with Crippen molar-refractivity contribution in [2.75, 3.05) is 369 Å². The summed E-state index contributed by atoms with van der Waals surface area (Å²) < 4.78 is 138. The maximum Gasteiger partial charge on any atom is 0.0701 e. The van der Waals surface area contributed by atoms with Crippen molar-refractivity contribution in [1.29, 1.82) is 0 Å². The molecule has 1 aliphatic rings. The molecule has 0 radical (unpaired) electrons. The third-order valence-corrected chi connectivity index (χ3v) is 14.1. The van der Waals surface area contributed by atoms with E-state index in [-0.39, 0.29) is 19.8 Å². The first-order valence-corrected chi connectivity index (χ1v) is 37.1. The first-order chi connectivity index (χ1) is 52.2. The molecule has 606 valence electrons. The summed E-state index contributed by atoms with van der Waals surface area (Å²) in [5, 5.41) is 29.5. The smallest absolute Gasteiger partial charge is 0.0701 e. The molecular formula is C75H128N2O28. The SMILES string of the molecule is OCCOCCOCCOCCOCCOCCOCCOCCOCCOCCOCCN=C1C=CC(=C(c2ccc(CCOCCOCCOCCOCCOCCO)cc2)c2ccc(NCCOCCOCCOCCOCCOCCOCCOCCOCCOCCOCCO)cc2)C=C1. The van der Waals surface area contributed by atoms with Crippen LogP contribution in [-0.4, -0.2) is 384 Å². The molecule has 30 nitrogen and oxygen atoms in total. The number of allylic oxidation sites excluding steroid dienone is 5. The van der Waals surface area contributed by atoms with Crippen LogP contribution in [0, 0.1) is 0 Å². The molecule has 4 N–H and O–H groups in total. The summed E-state index contributed by atoms with van der Waals surface area (Å²) >= 11 is 0. The molecule has 0 saturated carbocycles. The standard InChI is InChI=1S/C75H128N2O28/c78-16-22-84-28-34-90-40-46-93-43-37-87-31-25-81-19-13-69-1-3-70(4-2-69)75(71-5-9-73(10-6-71)76-14-20-82-26-32-88-38-44-94-49-53-98-57-61-102-65-67-104-63-59-100-55-51-96-47-41-91-35-29-85-23-17-79)72-7-11-74(12-8-72)77-15-21-83-27-33-89-39-45-95-50-54-99-58-62-103-66-68-105-64-60-101-56-52-97-48-42-92-36-30-86-24-18-80/h1-12,76,78-80H,13-68H2. The third-order valence-electron chi connectivity index (χ3n) is 14.1. The zero-order valence-electron chi connectivity index (χ0n) is 62.5. The van der Waals surface area contributed by atoms with Crippen LogP contribution in [0.4, 0.5) is 5.69 Å². The summed E-state index contributed by atoms with van der Waals surface area (Å²) in [6, 6.07) is 17.1. The van der Waals surface area contributed by atoms with E-state index < -0.39 is 0 Å². The lowest BCUT2D eigenvalue weighted by molar-refractivity contribution is -0.0267. The van der Waals surface area contributed by atoms with Crippen molar-refractivity contribution in [1.82, 2.24) is 0 Å². The molecule has 105 heavy (non-hydrogen) atoms. The largest absolute Gasteiger partial charge is 0.394 e. The molecular weight excluding hydrogens is 1380 g/mol. The maximum atomic E-state index is 8.75. The Morgan fingerprint density at radius 2 is 0.457 bits per heavy atom. The van der Waals surface area contributed by atoms with Crippen molar-refractivity contribution < 1.29 is 134 Å². The van der Waals surface area contributed by atoms with Crippen LogP contribution in [0.3, 0.4) is 0 Å². The van der Waals surface area contributed by atoms with Crippen LogP contribution in [0.2, 0.25) is 0 Å². The van der Waals surface area contributed by atoms with E-state index in [2.05, 4.69) is 66.0 Å². The van der Waals surface area contributed by atoms with Gasteiger partial charge in [-0.05, 0) is 58.5 Å². The highest BCUT2D eigenvalue weighted by molar-refractivity contribution is 6.07. The van der Waals surface area contributed by atoms with Gasteiger partial charge >= 0.3 is 0 Å². The first kappa shape index (κ1) is 95.2. The van der Waals surface area contributed by atoms with E-state index in [1.54, 1.807) is 0 Å². The number of anilines is 1. The van der Waals surface area contributed by atoms with Gasteiger partial charge in [0.1, 0.15) is 0 Å². The number of nitrogens with zero attached hydrogens (tertiary/aromatic N) is 1. The molecule has 0 aliphatic heterocycles. The van der Waals surface area contributed by atoms with Crippen molar-refractivity contribution in [2.24, 2.45) is 4.99 Å². The number of aliphatic imine (C=N–C) groups is 1. The Hall–Kier alpha value is -3.99. The van der Waals surface area contributed by atoms with Crippen molar-refractivity contribution in [3.8, 4) is 0 Å². The van der Waals surface area contributed by atoms with E-state index in [0.717, 1.165) is 40.1 Å². The molecule has 30 heteroatoms. The average molecular weight is 1510 g/mol. The minimum absolute atomic E-state index is 0.00557. The lowest BCUT2D eigenvalue weighted by atomic mass is 9.90. The molecule has 1 aliphatic carbocycles. The second-order valence-corrected chi connectivity index (χ2v) is 22.2. The summed E-state index contributed by atoms with van der Waals surface area (Å²) in [6.07, 6.45) is 9.09. The first-order valence-electron chi connectivity index (χ1n) is 37.1. The second-order valence-electron chi connectivity index (χ2n) is 22.2. The quantitative estimate of drug-likeness (QED) is 0.0690. The van der Waals surface area contributed by atoms with Crippen LogP contribution >= 0.6 is 0 Å². The monoisotopic (exact) mass is 1500 g/mol. The predicted octanol–water partition coefficient (Wildman–Crippen LogP) is 3.40. The van der Waals surface area contributed by atoms with Gasteiger partial charge in [0.15, 0.2) is 0 Å². The third kappa shape index (κ3) is 62.5. The molecule has 0 fully saturated rings. The highest BCUT2D eigenvalue weighted by atomic mass is 16.6. The van der Waals surface area contributed by atoms with Gasteiger partial charge in [-0.25, -0.2) is 0 Å². The Kier molecular flexibility index (Phi) is 70.9. The average Bonchev–Trinajstić information content (AvgIpc) is 0.808. The summed E-state index contributed by atoms with van der Waals surface area (Å²) in [5.74, 6) is 0. The Balaban J connectivity index is 1.24. The van der Waals surface area contributed by atoms with Gasteiger partial charge in [-0.3, -0.25) is 4.99 Å². The van der Waals surface area contributed by atoms with E-state index in [1.807, 2.05) is 12.2 Å². The highest BCUT2D eigenvalue weighted by Gasteiger charge is 2.13. The Labute approximate surface area is 623 Å². The Bertz CT molecular complexity index is 2240. The van der Waals surface area contributed by atoms with E-state index >= 15 is 0 Å². The van der Waals surface area contributed by atoms with E-state index in [9.17, 15) is 0 Å². The molecule has 0 amide bonds. The van der Waals surface area contributed by atoms with E-state index in [1.165, 1.54) is 5.56 Å². The molecule has 3 rings (SSSR count). The van der Waals surface area contributed by atoms with Gasteiger partial charge in [-0.2, -0.15) is 0 Å². The zero-order valence-corrected chi connectivity index (χ0v) is 62.5. The van der Waals surface area contributed by atoms with Gasteiger partial charge in [-0.1, -0.05) is 48.6 Å². The van der Waals surface area contributed by atoms with Gasteiger partial charge in [0, 0.05) is 12.2 Å². The fourth-order valence-electron chi connectivity index (χ4n) is 8.86. The van der Waals surface area contributed by atoms with Crippen LogP contribution < -0.4 is 5.32 Å². The van der Waals surface area contributed by atoms with Gasteiger partial charge in [0.2, 0.25) is 0 Å². The maximum absolute atomic E-state index is 8.75. The summed E-state index contributed by atoms with van der Waals surface area (Å²) in [6.45, 7) is 24.7. The molecule has 0 heterocycles. The molecule has 2 aromatic rings. The minimum Gasteiger partial charge on any atom is -0.394 e. The van der Waals surface area contributed by atoms with Crippen LogP contribution in [-0.2, 0) is 125 Å². The van der Waals surface area contributed by atoms with Crippen LogP contribution in [0.25, 0.3) is 5.57 Å². The Morgan fingerprint density at radius 3 is 0.714 bits per heavy atom. The van der Waals surface area contributed by atoms with Crippen LogP contribution in [0.5, 0.6) is 0 Å². The van der Waals surface area contributed by atoms with Gasteiger partial charge in [0.05, 0.1) is 362 Å². The number of aliphatic hydroxyl groups excluding tert-OH is 3. The molecule has 0 aromatic heterocycles. The van der Waals surface area contributed by atoms with Crippen molar-refractivity contribution in [3.05, 3.63) is 95.1 Å². The summed E-state index contributed by atoms with van der Waals surface area (Å²) in [5.41, 5.74) is 7.36. The predicted molar refractivity (Wildman–Crippen MR) is 393 cm³/mol. The summed E-state index contributed by atoms with van der Waals surface area (Å²) in [4.78, 5) is 4.77. The number of rotatable bonds is 84. The second kappa shape index (κ2) is 78.1. The summed E-state index contributed by atoms with van der Waals surface area (Å²) in [7, 11) is 0. The number of aliphatic hydroxyl groups is 3. The number of nitrogens with one attached hydrogen (secondary N) is 1. The van der Waals surface area contributed by atoms with E-state index in [0.29, 0.717) is 343 Å². The Morgan fingerprint density at radius 1 is 0.238 bits per heavy atom.